The Morgan fingerprint density at radius 1 is 1.11 bits per heavy atom. The summed E-state index contributed by atoms with van der Waals surface area (Å²) < 4.78 is 0. The van der Waals surface area contributed by atoms with E-state index >= 15 is 0 Å². The lowest BCUT2D eigenvalue weighted by molar-refractivity contribution is -0.130. The van der Waals surface area contributed by atoms with E-state index in [1.165, 1.54) is 9.80 Å². The number of likely N-dealkylation sites (N-methyl/N-ethyl adjacent to an activating group) is 2. The van der Waals surface area contributed by atoms with Crippen molar-refractivity contribution in [2.45, 2.75) is 19.5 Å². The summed E-state index contributed by atoms with van der Waals surface area (Å²) in [6.07, 6.45) is 0.707. The van der Waals surface area contributed by atoms with Crippen molar-refractivity contribution in [3.05, 3.63) is 0 Å². The highest BCUT2D eigenvalue weighted by Crippen LogP contribution is 2.19. The molecule has 1 unspecified atom stereocenters. The quantitative estimate of drug-likeness (QED) is 0.658. The average molecular weight is 254 g/mol. The fraction of sp³-hybridized carbons (Fsp3) is 0.833. The zero-order valence-corrected chi connectivity index (χ0v) is 11.4. The van der Waals surface area contributed by atoms with Crippen LogP contribution in [0.2, 0.25) is 0 Å². The molecule has 2 heterocycles. The average Bonchev–Trinajstić information content (AvgIpc) is 2.59. The van der Waals surface area contributed by atoms with Crippen LogP contribution in [0.1, 0.15) is 13.3 Å². The molecule has 0 saturated carbocycles. The topological polar surface area (TPSA) is 47.1 Å². The van der Waals surface area contributed by atoms with E-state index < -0.39 is 0 Å². The van der Waals surface area contributed by atoms with Gasteiger partial charge in [-0.25, -0.2) is 9.69 Å². The van der Waals surface area contributed by atoms with E-state index in [2.05, 4.69) is 16.8 Å². The normalized spacial score (nSPS) is 25.1. The Morgan fingerprint density at radius 2 is 1.72 bits per heavy atom. The Kier molecular flexibility index (Phi) is 3.87. The monoisotopic (exact) mass is 254 g/mol. The van der Waals surface area contributed by atoms with E-state index in [1.807, 2.05) is 6.92 Å². The molecule has 6 heteroatoms. The van der Waals surface area contributed by atoms with Gasteiger partial charge in [0.15, 0.2) is 0 Å². The molecule has 0 aliphatic carbocycles. The number of carbonyl (C=O) groups is 2. The summed E-state index contributed by atoms with van der Waals surface area (Å²) in [5, 5.41) is 0. The third-order valence-corrected chi connectivity index (χ3v) is 3.80. The Balaban J connectivity index is 2.09. The highest BCUT2D eigenvalue weighted by molar-refractivity contribution is 6.02. The van der Waals surface area contributed by atoms with Crippen LogP contribution in [0.4, 0.5) is 4.79 Å². The molecule has 2 aliphatic heterocycles. The lowest BCUT2D eigenvalue weighted by atomic mass is 10.2. The van der Waals surface area contributed by atoms with Crippen LogP contribution in [-0.4, -0.2) is 84.5 Å². The smallest absolute Gasteiger partial charge is 0.318 e. The summed E-state index contributed by atoms with van der Waals surface area (Å²) in [5.74, 6) is -0.0757. The summed E-state index contributed by atoms with van der Waals surface area (Å²) >= 11 is 0. The molecule has 0 aromatic heterocycles. The third-order valence-electron chi connectivity index (χ3n) is 3.80. The van der Waals surface area contributed by atoms with Crippen molar-refractivity contribution in [1.82, 2.24) is 19.6 Å². The largest absolute Gasteiger partial charge is 0.328 e. The summed E-state index contributed by atoms with van der Waals surface area (Å²) in [5.41, 5.74) is 0. The van der Waals surface area contributed by atoms with Gasteiger partial charge in [-0.05, 0) is 13.5 Å². The van der Waals surface area contributed by atoms with E-state index in [1.54, 1.807) is 7.05 Å². The third kappa shape index (κ3) is 2.35. The number of urea groups is 1. The molecule has 2 saturated heterocycles. The molecule has 0 aromatic carbocycles. The predicted molar refractivity (Wildman–Crippen MR) is 68.0 cm³/mol. The second-order valence-corrected chi connectivity index (χ2v) is 5.13. The Morgan fingerprint density at radius 3 is 2.17 bits per heavy atom. The summed E-state index contributed by atoms with van der Waals surface area (Å²) in [6.45, 7) is 6.04. The van der Waals surface area contributed by atoms with Gasteiger partial charge in [-0.3, -0.25) is 9.69 Å². The lowest BCUT2D eigenvalue weighted by Gasteiger charge is -2.40. The zero-order valence-electron chi connectivity index (χ0n) is 11.4. The van der Waals surface area contributed by atoms with Gasteiger partial charge in [-0.1, -0.05) is 6.92 Å². The maximum absolute atomic E-state index is 12.0. The number of imide groups is 1. The minimum atomic E-state index is -0.161. The lowest BCUT2D eigenvalue weighted by Crippen LogP contribution is -2.56. The minimum absolute atomic E-state index is 0.0757. The molecule has 0 spiro atoms. The van der Waals surface area contributed by atoms with Crippen molar-refractivity contribution >= 4 is 11.9 Å². The van der Waals surface area contributed by atoms with Crippen LogP contribution >= 0.6 is 0 Å². The van der Waals surface area contributed by atoms with Crippen molar-refractivity contribution in [2.75, 3.05) is 46.8 Å². The molecule has 0 N–H and O–H groups in total. The molecule has 0 bridgehead atoms. The van der Waals surface area contributed by atoms with Crippen LogP contribution < -0.4 is 0 Å². The standard InChI is InChI=1S/C12H22N4O2/c1-4-10(15-7-5-13(2)6-8-15)16-11(17)9-14(3)12(16)18/h10H,4-9H2,1-3H3. The number of hydrogen-bond acceptors (Lipinski definition) is 4. The van der Waals surface area contributed by atoms with Gasteiger partial charge < -0.3 is 9.80 Å². The number of rotatable bonds is 3. The molecule has 2 rings (SSSR count). The van der Waals surface area contributed by atoms with Crippen LogP contribution in [0, 0.1) is 0 Å². The Bertz CT molecular complexity index is 339. The first-order valence-electron chi connectivity index (χ1n) is 6.54. The van der Waals surface area contributed by atoms with Gasteiger partial charge in [-0.15, -0.1) is 0 Å². The number of amides is 3. The van der Waals surface area contributed by atoms with E-state index in [0.29, 0.717) is 0 Å². The highest BCUT2D eigenvalue weighted by Gasteiger charge is 2.40. The Labute approximate surface area is 108 Å². The van der Waals surface area contributed by atoms with Gasteiger partial charge in [0.1, 0.15) is 6.54 Å². The van der Waals surface area contributed by atoms with Crippen molar-refractivity contribution in [3.8, 4) is 0 Å². The minimum Gasteiger partial charge on any atom is -0.318 e. The van der Waals surface area contributed by atoms with Gasteiger partial charge in [0.25, 0.3) is 5.91 Å². The second-order valence-electron chi connectivity index (χ2n) is 5.13. The summed E-state index contributed by atoms with van der Waals surface area (Å²) in [7, 11) is 3.77. The first kappa shape index (κ1) is 13.3. The van der Waals surface area contributed by atoms with Crippen molar-refractivity contribution < 1.29 is 9.59 Å². The van der Waals surface area contributed by atoms with Crippen LogP contribution in [0.3, 0.4) is 0 Å². The fourth-order valence-corrected chi connectivity index (χ4v) is 2.66. The van der Waals surface area contributed by atoms with Crippen LogP contribution in [-0.2, 0) is 4.79 Å². The maximum atomic E-state index is 12.0. The van der Waals surface area contributed by atoms with E-state index in [0.717, 1.165) is 32.6 Å². The molecule has 6 nitrogen and oxygen atoms in total. The van der Waals surface area contributed by atoms with E-state index in [4.69, 9.17) is 0 Å². The van der Waals surface area contributed by atoms with Crippen molar-refractivity contribution in [2.24, 2.45) is 0 Å². The molecule has 0 aromatic rings. The summed E-state index contributed by atoms with van der Waals surface area (Å²) in [4.78, 5) is 31.4. The second kappa shape index (κ2) is 5.24. The van der Waals surface area contributed by atoms with E-state index in [9.17, 15) is 9.59 Å². The number of carbonyl (C=O) groups excluding carboxylic acids is 2. The molecule has 2 fully saturated rings. The molecule has 0 radical (unpaired) electrons. The molecule has 2 aliphatic rings. The summed E-state index contributed by atoms with van der Waals surface area (Å²) in [6, 6.07) is -0.161. The van der Waals surface area contributed by atoms with Gasteiger partial charge in [0.05, 0.1) is 6.17 Å². The number of nitrogens with zero attached hydrogens (tertiary/aromatic N) is 4. The maximum Gasteiger partial charge on any atom is 0.328 e. The van der Waals surface area contributed by atoms with E-state index in [-0.39, 0.29) is 24.6 Å². The highest BCUT2D eigenvalue weighted by atomic mass is 16.2. The van der Waals surface area contributed by atoms with Gasteiger partial charge in [-0.2, -0.15) is 0 Å². The predicted octanol–water partition coefficient (Wildman–Crippen LogP) is -0.136. The zero-order chi connectivity index (χ0) is 13.3. The Hall–Kier alpha value is -1.14. The molecular weight excluding hydrogens is 232 g/mol. The van der Waals surface area contributed by atoms with Crippen LogP contribution in [0.5, 0.6) is 0 Å². The van der Waals surface area contributed by atoms with Gasteiger partial charge in [0, 0.05) is 33.2 Å². The number of piperazine rings is 1. The van der Waals surface area contributed by atoms with Gasteiger partial charge in [0.2, 0.25) is 0 Å². The fourth-order valence-electron chi connectivity index (χ4n) is 2.66. The van der Waals surface area contributed by atoms with Crippen molar-refractivity contribution in [1.29, 1.82) is 0 Å². The first-order chi connectivity index (χ1) is 8.54. The molecular formula is C12H22N4O2. The molecule has 1 atom stereocenters. The van der Waals surface area contributed by atoms with Crippen LogP contribution in [0.25, 0.3) is 0 Å². The van der Waals surface area contributed by atoms with Crippen LogP contribution in [0.15, 0.2) is 0 Å². The van der Waals surface area contributed by atoms with Crippen molar-refractivity contribution in [3.63, 3.8) is 0 Å². The molecule has 3 amide bonds. The first-order valence-corrected chi connectivity index (χ1v) is 6.54. The SMILES string of the molecule is CCC(N1CCN(C)CC1)N1C(=O)CN(C)C1=O. The number of hydrogen-bond donors (Lipinski definition) is 0. The van der Waals surface area contributed by atoms with Gasteiger partial charge >= 0.3 is 6.03 Å². The molecule has 18 heavy (non-hydrogen) atoms. The molecule has 102 valence electrons.